The Hall–Kier alpha value is -3.03. The van der Waals surface area contributed by atoms with Crippen molar-refractivity contribution in [3.8, 4) is 11.1 Å². The van der Waals surface area contributed by atoms with Crippen LogP contribution in [-0.2, 0) is 25.7 Å². The number of thiazole rings is 1. The summed E-state index contributed by atoms with van der Waals surface area (Å²) in [4.78, 5) is 43.2. The summed E-state index contributed by atoms with van der Waals surface area (Å²) in [5.41, 5.74) is 2.70. The molecule has 3 atom stereocenters. The fourth-order valence-electron chi connectivity index (χ4n) is 6.32. The Morgan fingerprint density at radius 2 is 1.95 bits per heavy atom. The highest BCUT2D eigenvalue weighted by molar-refractivity contribution is 7.22. The van der Waals surface area contributed by atoms with Crippen molar-refractivity contribution < 1.29 is 24.2 Å². The summed E-state index contributed by atoms with van der Waals surface area (Å²) in [6.45, 7) is 7.24. The van der Waals surface area contributed by atoms with Crippen LogP contribution in [0, 0.1) is 5.92 Å². The Labute approximate surface area is 255 Å². The van der Waals surface area contributed by atoms with Crippen LogP contribution >= 0.6 is 11.3 Å². The van der Waals surface area contributed by atoms with Crippen LogP contribution in [0.1, 0.15) is 51.8 Å². The molecular formula is C31H40N6O5S. The molecule has 11 nitrogen and oxygen atoms in total. The van der Waals surface area contributed by atoms with Crippen molar-refractivity contribution in [2.75, 3.05) is 38.2 Å². The molecular weight excluding hydrogens is 568 g/mol. The molecule has 12 heteroatoms. The van der Waals surface area contributed by atoms with Gasteiger partial charge in [0.25, 0.3) is 0 Å². The molecule has 3 heterocycles. The molecule has 6 rings (SSSR count). The van der Waals surface area contributed by atoms with Crippen LogP contribution in [0.15, 0.2) is 30.6 Å². The fraction of sp³-hybridized carbons (Fsp3) is 0.581. The molecule has 230 valence electrons. The maximum atomic E-state index is 13.0. The molecule has 2 aliphatic carbocycles. The lowest BCUT2D eigenvalue weighted by molar-refractivity contribution is -0.140. The van der Waals surface area contributed by atoms with Crippen molar-refractivity contribution in [2.45, 2.75) is 76.9 Å². The van der Waals surface area contributed by atoms with Gasteiger partial charge >= 0.3 is 0 Å². The van der Waals surface area contributed by atoms with Gasteiger partial charge in [-0.1, -0.05) is 17.4 Å². The molecule has 1 aromatic carbocycles. The lowest BCUT2D eigenvalue weighted by atomic mass is 9.78. The number of amides is 2. The largest absolute Gasteiger partial charge is 0.390 e. The first-order valence-corrected chi connectivity index (χ1v) is 16.1. The van der Waals surface area contributed by atoms with Gasteiger partial charge in [-0.15, -0.1) is 0 Å². The quantitative estimate of drug-likeness (QED) is 0.355. The van der Waals surface area contributed by atoms with Gasteiger partial charge in [-0.2, -0.15) is 0 Å². The minimum atomic E-state index is -0.397. The van der Waals surface area contributed by atoms with Gasteiger partial charge < -0.3 is 24.8 Å². The summed E-state index contributed by atoms with van der Waals surface area (Å²) >= 11 is 1.46. The van der Waals surface area contributed by atoms with E-state index >= 15 is 0 Å². The number of aliphatic hydroxyl groups excluding tert-OH is 1. The molecule has 2 N–H and O–H groups in total. The third kappa shape index (κ3) is 6.88. The number of hydrogen-bond donors (Lipinski definition) is 2. The van der Waals surface area contributed by atoms with Crippen molar-refractivity contribution in [1.29, 1.82) is 0 Å². The van der Waals surface area contributed by atoms with Crippen LogP contribution < -0.4 is 5.32 Å². The van der Waals surface area contributed by atoms with Crippen LogP contribution in [0.25, 0.3) is 21.3 Å². The molecule has 2 amide bonds. The number of aromatic nitrogens is 3. The van der Waals surface area contributed by atoms with Gasteiger partial charge in [0, 0.05) is 62.2 Å². The van der Waals surface area contributed by atoms with Gasteiger partial charge in [-0.25, -0.2) is 15.0 Å². The minimum Gasteiger partial charge on any atom is -0.390 e. The summed E-state index contributed by atoms with van der Waals surface area (Å²) < 4.78 is 12.1. The summed E-state index contributed by atoms with van der Waals surface area (Å²) in [5, 5.41) is 13.6. The van der Waals surface area contributed by atoms with Gasteiger partial charge in [0.05, 0.1) is 22.4 Å². The monoisotopic (exact) mass is 608 g/mol. The zero-order chi connectivity index (χ0) is 29.9. The van der Waals surface area contributed by atoms with E-state index in [2.05, 4.69) is 32.1 Å². The number of nitrogens with zero attached hydrogens (tertiary/aromatic N) is 5. The van der Waals surface area contributed by atoms with E-state index in [-0.39, 0.29) is 43.1 Å². The maximum absolute atomic E-state index is 13.0. The molecule has 2 aromatic heterocycles. The summed E-state index contributed by atoms with van der Waals surface area (Å²) in [6, 6.07) is 6.61. The van der Waals surface area contributed by atoms with E-state index in [0.29, 0.717) is 36.7 Å². The Kier molecular flexibility index (Phi) is 9.29. The molecule has 0 unspecified atom stereocenters. The average Bonchev–Trinajstić information content (AvgIpc) is 3.59. The molecule has 43 heavy (non-hydrogen) atoms. The number of ether oxygens (including phenoxy) is 2. The van der Waals surface area contributed by atoms with Crippen molar-refractivity contribution >= 4 is 38.5 Å². The van der Waals surface area contributed by atoms with Crippen molar-refractivity contribution in [3.05, 3.63) is 36.4 Å². The normalized spacial score (nSPS) is 26.0. The number of carbonyl (C=O) groups is 2. The van der Waals surface area contributed by atoms with E-state index < -0.39 is 6.10 Å². The molecule has 0 radical (unpaired) electrons. The first-order valence-electron chi connectivity index (χ1n) is 15.3. The number of fused-ring (bicyclic) bond motifs is 1. The number of anilines is 1. The number of carbonyl (C=O) groups excluding carboxylic acids is 2. The molecule has 3 fully saturated rings. The van der Waals surface area contributed by atoms with E-state index in [9.17, 15) is 14.7 Å². The molecule has 2 saturated carbocycles. The second-order valence-corrected chi connectivity index (χ2v) is 12.8. The molecule has 3 aromatic rings. The molecule has 1 saturated heterocycles. The topological polar surface area (TPSA) is 130 Å². The van der Waals surface area contributed by atoms with Crippen LogP contribution in [0.3, 0.4) is 0 Å². The Morgan fingerprint density at radius 3 is 2.67 bits per heavy atom. The number of aliphatic hydroxyl groups is 1. The van der Waals surface area contributed by atoms with E-state index in [1.54, 1.807) is 12.4 Å². The summed E-state index contributed by atoms with van der Waals surface area (Å²) in [7, 11) is 0. The smallest absolute Gasteiger partial charge is 0.248 e. The number of rotatable bonds is 10. The minimum absolute atomic E-state index is 0.0186. The van der Waals surface area contributed by atoms with Crippen LogP contribution in [-0.4, -0.2) is 98.8 Å². The van der Waals surface area contributed by atoms with E-state index in [0.717, 1.165) is 60.0 Å². The van der Waals surface area contributed by atoms with Crippen LogP contribution in [0.5, 0.6) is 0 Å². The van der Waals surface area contributed by atoms with E-state index in [4.69, 9.17) is 9.47 Å². The summed E-state index contributed by atoms with van der Waals surface area (Å²) in [5.74, 6) is 0.628. The maximum Gasteiger partial charge on any atom is 0.248 e. The zero-order valence-corrected chi connectivity index (χ0v) is 25.6. The number of nitrogens with one attached hydrogen (secondary N) is 1. The lowest BCUT2D eigenvalue weighted by Gasteiger charge is -2.49. The lowest BCUT2D eigenvalue weighted by Crippen LogP contribution is -2.60. The summed E-state index contributed by atoms with van der Waals surface area (Å²) in [6.07, 6.45) is 7.32. The molecule has 3 aliphatic rings. The Bertz CT molecular complexity index is 1430. The average molecular weight is 609 g/mol. The van der Waals surface area contributed by atoms with Crippen molar-refractivity contribution in [2.24, 2.45) is 5.92 Å². The Balaban J connectivity index is 0.992. The SMILES string of the molecule is CCOCC(=O)N1CCN(C2CC(C(=O)Nc3nc4ccc(-c5cnc(CO[C@H]6CCC[C@@H]6O)nc5)cc4s3)C2)[C@@H](C)C1. The highest BCUT2D eigenvalue weighted by Crippen LogP contribution is 2.36. The van der Waals surface area contributed by atoms with Gasteiger partial charge in [0.15, 0.2) is 11.0 Å². The zero-order valence-electron chi connectivity index (χ0n) is 24.8. The second kappa shape index (κ2) is 13.3. The van der Waals surface area contributed by atoms with Crippen molar-refractivity contribution in [3.63, 3.8) is 0 Å². The first kappa shape index (κ1) is 30.0. The fourth-order valence-corrected chi connectivity index (χ4v) is 7.23. The third-order valence-electron chi connectivity index (χ3n) is 8.92. The number of benzene rings is 1. The van der Waals surface area contributed by atoms with Gasteiger partial charge in [0.2, 0.25) is 11.8 Å². The van der Waals surface area contributed by atoms with Gasteiger partial charge in [-0.3, -0.25) is 14.5 Å². The second-order valence-electron chi connectivity index (χ2n) is 11.8. The van der Waals surface area contributed by atoms with E-state index in [1.807, 2.05) is 30.0 Å². The number of piperazine rings is 1. The first-order chi connectivity index (χ1) is 20.9. The van der Waals surface area contributed by atoms with Gasteiger partial charge in [-0.05, 0) is 63.6 Å². The highest BCUT2D eigenvalue weighted by atomic mass is 32.1. The molecule has 0 spiro atoms. The van der Waals surface area contributed by atoms with Crippen LogP contribution in [0.2, 0.25) is 0 Å². The highest BCUT2D eigenvalue weighted by Gasteiger charge is 2.41. The molecule has 1 aliphatic heterocycles. The predicted octanol–water partition coefficient (Wildman–Crippen LogP) is 3.47. The van der Waals surface area contributed by atoms with Gasteiger partial charge in [0.1, 0.15) is 13.2 Å². The standard InChI is InChI=1S/C31H40N6O5S/c1-3-41-18-29(39)36-9-10-37(19(2)16-36)23-11-21(12-23)30(40)35-31-34-24-8-7-20(13-27(24)43-31)22-14-32-28(33-15-22)17-42-26-6-4-5-25(26)38/h7-8,13-15,19,21,23,25-26,38H,3-6,9-12,16-18H2,1-2H3,(H,34,35,40)/t19-,21?,23?,25-,26-/m0/s1. The third-order valence-corrected chi connectivity index (χ3v) is 9.85. The molecule has 0 bridgehead atoms. The van der Waals surface area contributed by atoms with Crippen molar-refractivity contribution in [1.82, 2.24) is 24.8 Å². The van der Waals surface area contributed by atoms with Crippen LogP contribution in [0.4, 0.5) is 5.13 Å². The number of hydrogen-bond acceptors (Lipinski definition) is 10. The predicted molar refractivity (Wildman–Crippen MR) is 163 cm³/mol. The Morgan fingerprint density at radius 1 is 1.14 bits per heavy atom. The van der Waals surface area contributed by atoms with E-state index in [1.165, 1.54) is 11.3 Å².